The highest BCUT2D eigenvalue weighted by atomic mass is 16.8. The maximum atomic E-state index is 10.7. The summed E-state index contributed by atoms with van der Waals surface area (Å²) in [7, 11) is 0. The lowest BCUT2D eigenvalue weighted by atomic mass is 10.2. The standard InChI is InChI=1S/C7H13NO4/c1-2-3-4-5-6(9)11-7(10)12-8/h2-5,8H2,1H3. The van der Waals surface area contributed by atoms with Crippen LogP contribution in [0.1, 0.15) is 32.6 Å². The molecule has 0 amide bonds. The van der Waals surface area contributed by atoms with E-state index < -0.39 is 12.1 Å². The summed E-state index contributed by atoms with van der Waals surface area (Å²) in [5, 5.41) is 0. The molecule has 2 N–H and O–H groups in total. The van der Waals surface area contributed by atoms with Crippen LogP contribution in [-0.4, -0.2) is 12.1 Å². The number of unbranched alkanes of at least 4 members (excludes halogenated alkanes) is 2. The van der Waals surface area contributed by atoms with Gasteiger partial charge < -0.3 is 9.57 Å². The number of rotatable bonds is 4. The molecule has 0 aromatic heterocycles. The van der Waals surface area contributed by atoms with Crippen LogP contribution in [-0.2, 0) is 14.4 Å². The van der Waals surface area contributed by atoms with Crippen molar-refractivity contribution in [3.8, 4) is 0 Å². The van der Waals surface area contributed by atoms with Gasteiger partial charge in [-0.05, 0) is 6.42 Å². The molecule has 5 nitrogen and oxygen atoms in total. The molecule has 0 bridgehead atoms. The van der Waals surface area contributed by atoms with Crippen molar-refractivity contribution in [1.29, 1.82) is 0 Å². The minimum absolute atomic E-state index is 0.225. The zero-order valence-corrected chi connectivity index (χ0v) is 7.04. The molecule has 70 valence electrons. The first-order valence-electron chi connectivity index (χ1n) is 3.82. The number of ether oxygens (including phenoxy) is 1. The smallest absolute Gasteiger partial charge is 0.359 e. The van der Waals surface area contributed by atoms with Gasteiger partial charge in [0.25, 0.3) is 0 Å². The first-order valence-corrected chi connectivity index (χ1v) is 3.82. The Balaban J connectivity index is 3.40. The molecule has 0 heterocycles. The van der Waals surface area contributed by atoms with Gasteiger partial charge in [-0.2, -0.15) is 5.90 Å². The Morgan fingerprint density at radius 2 is 2.00 bits per heavy atom. The van der Waals surface area contributed by atoms with Gasteiger partial charge in [0.15, 0.2) is 0 Å². The molecule has 0 aliphatic rings. The van der Waals surface area contributed by atoms with E-state index in [-0.39, 0.29) is 6.42 Å². The molecule has 0 aromatic carbocycles. The molecule has 12 heavy (non-hydrogen) atoms. The molecule has 0 aliphatic carbocycles. The van der Waals surface area contributed by atoms with E-state index >= 15 is 0 Å². The Bertz CT molecular complexity index is 157. The zero-order chi connectivity index (χ0) is 9.40. The largest absolute Gasteiger partial charge is 0.535 e. The highest BCUT2D eigenvalue weighted by molar-refractivity contribution is 5.81. The zero-order valence-electron chi connectivity index (χ0n) is 7.04. The van der Waals surface area contributed by atoms with E-state index in [1.165, 1.54) is 0 Å². The first kappa shape index (κ1) is 10.9. The summed E-state index contributed by atoms with van der Waals surface area (Å²) >= 11 is 0. The topological polar surface area (TPSA) is 78.6 Å². The number of esters is 1. The Morgan fingerprint density at radius 3 is 2.50 bits per heavy atom. The van der Waals surface area contributed by atoms with Gasteiger partial charge in [0.1, 0.15) is 0 Å². The van der Waals surface area contributed by atoms with E-state index in [2.05, 4.69) is 15.5 Å². The Labute approximate surface area is 70.8 Å². The van der Waals surface area contributed by atoms with Crippen LogP contribution < -0.4 is 5.90 Å². The lowest BCUT2D eigenvalue weighted by Gasteiger charge is -1.99. The van der Waals surface area contributed by atoms with Crippen LogP contribution in [0.25, 0.3) is 0 Å². The predicted molar refractivity (Wildman–Crippen MR) is 40.9 cm³/mol. The van der Waals surface area contributed by atoms with Crippen molar-refractivity contribution in [3.63, 3.8) is 0 Å². The molecule has 0 rings (SSSR count). The molecule has 0 saturated carbocycles. The van der Waals surface area contributed by atoms with Gasteiger partial charge >= 0.3 is 12.1 Å². The molecule has 0 saturated heterocycles. The van der Waals surface area contributed by atoms with Crippen molar-refractivity contribution >= 4 is 12.1 Å². The minimum atomic E-state index is -1.16. The number of hydrogen-bond donors (Lipinski definition) is 1. The van der Waals surface area contributed by atoms with E-state index in [0.717, 1.165) is 12.8 Å². The van der Waals surface area contributed by atoms with Gasteiger partial charge in [0, 0.05) is 6.42 Å². The molecule has 0 atom stereocenters. The number of hydrogen-bond acceptors (Lipinski definition) is 5. The first-order chi connectivity index (χ1) is 5.70. The van der Waals surface area contributed by atoms with Gasteiger partial charge in [0.05, 0.1) is 0 Å². The lowest BCUT2D eigenvalue weighted by Crippen LogP contribution is -2.16. The molecule has 0 aliphatic heterocycles. The van der Waals surface area contributed by atoms with E-state index in [4.69, 9.17) is 0 Å². The van der Waals surface area contributed by atoms with Crippen molar-refractivity contribution in [2.45, 2.75) is 32.6 Å². The summed E-state index contributed by atoms with van der Waals surface area (Å²) in [5.74, 6) is 3.85. The van der Waals surface area contributed by atoms with Gasteiger partial charge in [0.2, 0.25) is 0 Å². The van der Waals surface area contributed by atoms with Gasteiger partial charge in [-0.3, -0.25) is 4.79 Å². The highest BCUT2D eigenvalue weighted by Gasteiger charge is 2.09. The van der Waals surface area contributed by atoms with Gasteiger partial charge in [-0.25, -0.2) is 4.79 Å². The minimum Gasteiger partial charge on any atom is -0.359 e. The van der Waals surface area contributed by atoms with Gasteiger partial charge in [-0.1, -0.05) is 19.8 Å². The van der Waals surface area contributed by atoms with Crippen molar-refractivity contribution in [1.82, 2.24) is 0 Å². The third kappa shape index (κ3) is 5.67. The summed E-state index contributed by atoms with van der Waals surface area (Å²) in [6.45, 7) is 2.01. The summed E-state index contributed by atoms with van der Waals surface area (Å²) in [6, 6.07) is 0. The molecular weight excluding hydrogens is 162 g/mol. The Kier molecular flexibility index (Phi) is 6.00. The second-order valence-electron chi connectivity index (χ2n) is 2.30. The fourth-order valence-electron chi connectivity index (χ4n) is 0.687. The molecule has 0 radical (unpaired) electrons. The molecule has 0 fully saturated rings. The van der Waals surface area contributed by atoms with E-state index in [9.17, 15) is 9.59 Å². The average molecular weight is 175 g/mol. The molecular formula is C7H13NO4. The third-order valence-corrected chi connectivity index (χ3v) is 1.28. The van der Waals surface area contributed by atoms with E-state index in [1.807, 2.05) is 6.92 Å². The van der Waals surface area contributed by atoms with Crippen LogP contribution in [0.3, 0.4) is 0 Å². The fraction of sp³-hybridized carbons (Fsp3) is 0.714. The second kappa shape index (κ2) is 6.60. The van der Waals surface area contributed by atoms with Crippen LogP contribution in [0.15, 0.2) is 0 Å². The monoisotopic (exact) mass is 175 g/mol. The van der Waals surface area contributed by atoms with Crippen LogP contribution >= 0.6 is 0 Å². The second-order valence-corrected chi connectivity index (χ2v) is 2.30. The van der Waals surface area contributed by atoms with Crippen molar-refractivity contribution < 1.29 is 19.2 Å². The summed E-state index contributed by atoms with van der Waals surface area (Å²) in [6.07, 6.45) is 1.73. The van der Waals surface area contributed by atoms with Gasteiger partial charge in [-0.15, -0.1) is 0 Å². The lowest BCUT2D eigenvalue weighted by molar-refractivity contribution is -0.140. The van der Waals surface area contributed by atoms with E-state index in [1.54, 1.807) is 0 Å². The maximum absolute atomic E-state index is 10.7. The SMILES string of the molecule is CCCCCC(=O)OC(=O)ON. The van der Waals surface area contributed by atoms with Crippen molar-refractivity contribution in [3.05, 3.63) is 0 Å². The molecule has 0 aromatic rings. The van der Waals surface area contributed by atoms with Crippen LogP contribution in [0.5, 0.6) is 0 Å². The molecule has 0 spiro atoms. The number of carbonyl (C=O) groups excluding carboxylic acids is 2. The normalized spacial score (nSPS) is 9.17. The van der Waals surface area contributed by atoms with Crippen molar-refractivity contribution in [2.75, 3.05) is 0 Å². The van der Waals surface area contributed by atoms with Crippen LogP contribution in [0, 0.1) is 0 Å². The molecule has 0 unspecified atom stereocenters. The maximum Gasteiger partial charge on any atom is 0.535 e. The van der Waals surface area contributed by atoms with Crippen LogP contribution in [0.2, 0.25) is 0 Å². The average Bonchev–Trinajstić information content (AvgIpc) is 2.05. The molecule has 5 heteroatoms. The fourth-order valence-corrected chi connectivity index (χ4v) is 0.687. The summed E-state index contributed by atoms with van der Waals surface area (Å²) in [5.41, 5.74) is 0. The predicted octanol–water partition coefficient (Wildman–Crippen LogP) is 1.12. The Hall–Kier alpha value is -1.10. The number of nitrogens with two attached hydrogens (primary N) is 1. The third-order valence-electron chi connectivity index (χ3n) is 1.28. The van der Waals surface area contributed by atoms with Crippen LogP contribution in [0.4, 0.5) is 4.79 Å². The summed E-state index contributed by atoms with van der Waals surface area (Å²) in [4.78, 5) is 24.6. The van der Waals surface area contributed by atoms with E-state index in [0.29, 0.717) is 6.42 Å². The quantitative estimate of drug-likeness (QED) is 0.300. The summed E-state index contributed by atoms with van der Waals surface area (Å²) < 4.78 is 4.12. The number of carbonyl (C=O) groups is 2. The van der Waals surface area contributed by atoms with Crippen molar-refractivity contribution in [2.24, 2.45) is 5.90 Å². The Morgan fingerprint density at radius 1 is 1.33 bits per heavy atom. The highest BCUT2D eigenvalue weighted by Crippen LogP contribution is 2.00.